The largest absolute Gasteiger partial charge is 0.530 e. The van der Waals surface area contributed by atoms with Crippen LogP contribution in [-0.2, 0) is 0 Å². The highest BCUT2D eigenvalue weighted by molar-refractivity contribution is 5.62. The van der Waals surface area contributed by atoms with Crippen molar-refractivity contribution in [3.63, 3.8) is 0 Å². The Labute approximate surface area is 57.5 Å². The van der Waals surface area contributed by atoms with Gasteiger partial charge in [-0.1, -0.05) is 0 Å². The molecule has 0 saturated carbocycles. The zero-order chi connectivity index (χ0) is 7.98. The summed E-state index contributed by atoms with van der Waals surface area (Å²) in [5, 5.41) is 15.1. The molecule has 6 nitrogen and oxygen atoms in total. The number of nitrogens with one attached hydrogen (secondary N) is 2. The van der Waals surface area contributed by atoms with Gasteiger partial charge in [0.1, 0.15) is 23.3 Å². The van der Waals surface area contributed by atoms with Crippen molar-refractivity contribution in [3.8, 4) is 0 Å². The van der Waals surface area contributed by atoms with Crippen molar-refractivity contribution in [3.05, 3.63) is 0 Å². The number of hydrogen-bond acceptors (Lipinski definition) is 4. The molecule has 6 heteroatoms. The average molecular weight is 144 g/mol. The highest BCUT2D eigenvalue weighted by atomic mass is 16.4. The van der Waals surface area contributed by atoms with Crippen molar-refractivity contribution < 1.29 is 9.90 Å². The molecule has 0 rings (SSSR count). The van der Waals surface area contributed by atoms with E-state index in [0.29, 0.717) is 0 Å². The van der Waals surface area contributed by atoms with Gasteiger partial charge in [-0.3, -0.25) is 0 Å². The summed E-state index contributed by atoms with van der Waals surface area (Å²) >= 11 is 0. The van der Waals surface area contributed by atoms with Gasteiger partial charge < -0.3 is 15.2 Å². The second kappa shape index (κ2) is 4.46. The Bertz CT molecular complexity index is 159. The molecule has 0 radical (unpaired) electrons. The minimum atomic E-state index is -1.34. The van der Waals surface area contributed by atoms with Gasteiger partial charge in [0.05, 0.1) is 6.04 Å². The predicted octanol–water partition coefficient (Wildman–Crippen LogP) is -1.14. The first-order valence-corrected chi connectivity index (χ1v) is 2.67. The first-order chi connectivity index (χ1) is 4.66. The maximum atomic E-state index is 9.83. The summed E-state index contributed by atoms with van der Waals surface area (Å²) in [7, 11) is 0. The van der Waals surface area contributed by atoms with Gasteiger partial charge in [-0.25, -0.2) is 0 Å². The van der Waals surface area contributed by atoms with E-state index in [1.54, 1.807) is 6.92 Å². The summed E-state index contributed by atoms with van der Waals surface area (Å²) in [6.45, 7) is 1.77. The quantitative estimate of drug-likeness (QED) is 0.386. The first kappa shape index (κ1) is 8.58. The molecule has 0 spiro atoms. The molecule has 0 aromatic heterocycles. The van der Waals surface area contributed by atoms with E-state index >= 15 is 0 Å². The van der Waals surface area contributed by atoms with Crippen LogP contribution in [0.2, 0.25) is 0 Å². The molecule has 56 valence electrons. The van der Waals surface area contributed by atoms with Crippen LogP contribution in [-0.4, -0.2) is 18.7 Å². The molecular weight excluding hydrogens is 136 g/mol. The molecule has 0 aliphatic rings. The summed E-state index contributed by atoms with van der Waals surface area (Å²) in [4.78, 5) is 12.5. The number of amides is 1. The van der Waals surface area contributed by atoms with Gasteiger partial charge in [-0.05, 0) is 6.92 Å². The zero-order valence-corrected chi connectivity index (χ0v) is 5.50. The normalized spacial score (nSPS) is 11.3. The maximum Gasteiger partial charge on any atom is 0.214 e. The number of rotatable bonds is 3. The molecule has 1 amide bonds. The predicted molar refractivity (Wildman–Crippen MR) is 30.1 cm³/mol. The van der Waals surface area contributed by atoms with Crippen LogP contribution in [0.5, 0.6) is 0 Å². The van der Waals surface area contributed by atoms with Crippen molar-refractivity contribution >= 4 is 6.09 Å². The van der Waals surface area contributed by atoms with Gasteiger partial charge in [0.15, 0.2) is 0 Å². The zero-order valence-electron chi connectivity index (χ0n) is 5.50. The van der Waals surface area contributed by atoms with Crippen LogP contribution in [0.3, 0.4) is 0 Å². The molecule has 0 fully saturated rings. The standard InChI is InChI=1S/C4H8N4O2/c1-3(2-6-8-5)7-4(9)10/h3,5,7H,2H2,1H3. The van der Waals surface area contributed by atoms with Crippen molar-refractivity contribution in [2.24, 2.45) is 5.11 Å². The molecule has 10 heavy (non-hydrogen) atoms. The van der Waals surface area contributed by atoms with E-state index in [4.69, 9.17) is 5.53 Å². The van der Waals surface area contributed by atoms with E-state index in [2.05, 4.69) is 10.0 Å². The lowest BCUT2D eigenvalue weighted by Gasteiger charge is -2.09. The lowest BCUT2D eigenvalue weighted by molar-refractivity contribution is -0.251. The van der Waals surface area contributed by atoms with Gasteiger partial charge in [0.2, 0.25) is 4.91 Å². The molecule has 0 aromatic carbocycles. The minimum absolute atomic E-state index is 0.164. The topological polar surface area (TPSA) is 102 Å². The van der Waals surface area contributed by atoms with Crippen molar-refractivity contribution in [1.82, 2.24) is 10.2 Å². The van der Waals surface area contributed by atoms with Crippen LogP contribution < -0.4 is 15.3 Å². The van der Waals surface area contributed by atoms with Crippen LogP contribution in [0, 0.1) is 5.53 Å². The van der Waals surface area contributed by atoms with Gasteiger partial charge in [-0.15, -0.1) is 0 Å². The van der Waals surface area contributed by atoms with E-state index in [1.807, 2.05) is 5.32 Å². The number of hydrogen-bond donors (Lipinski definition) is 2. The van der Waals surface area contributed by atoms with E-state index < -0.39 is 6.09 Å². The molecule has 1 unspecified atom stereocenters. The number of carbonyl (C=O) groups is 1. The van der Waals surface area contributed by atoms with E-state index in [-0.39, 0.29) is 12.6 Å². The second-order valence-electron chi connectivity index (χ2n) is 1.76. The fraction of sp³-hybridized carbons (Fsp3) is 0.750. The molecule has 0 heterocycles. The summed E-state index contributed by atoms with van der Waals surface area (Å²) in [6.07, 6.45) is -1.34. The van der Waals surface area contributed by atoms with Crippen molar-refractivity contribution in [1.29, 1.82) is 5.53 Å². The summed E-state index contributed by atoms with van der Waals surface area (Å²) in [6, 6.07) is -0.348. The number of carboxylic acid groups (broad SMARTS) is 1. The Kier molecular flexibility index (Phi) is 3.83. The number of carbonyl (C=O) groups excluding carboxylic acids is 1. The van der Waals surface area contributed by atoms with Crippen LogP contribution in [0.15, 0.2) is 5.11 Å². The fourth-order valence-corrected chi connectivity index (χ4v) is 0.410. The van der Waals surface area contributed by atoms with Gasteiger partial charge in [-0.2, -0.15) is 0 Å². The lowest BCUT2D eigenvalue weighted by atomic mass is 10.3. The van der Waals surface area contributed by atoms with Crippen LogP contribution in [0.25, 0.3) is 0 Å². The Balaban J connectivity index is 3.52. The summed E-state index contributed by atoms with van der Waals surface area (Å²) < 4.78 is 0. The van der Waals surface area contributed by atoms with Gasteiger partial charge >= 0.3 is 0 Å². The molecule has 0 aliphatic heterocycles. The smallest absolute Gasteiger partial charge is 0.214 e. The molecule has 2 N–H and O–H groups in total. The monoisotopic (exact) mass is 144 g/mol. The molecule has 1 atom stereocenters. The van der Waals surface area contributed by atoms with Crippen LogP contribution in [0.1, 0.15) is 6.92 Å². The van der Waals surface area contributed by atoms with E-state index in [1.165, 1.54) is 0 Å². The Morgan fingerprint density at radius 3 is 3.00 bits per heavy atom. The van der Waals surface area contributed by atoms with Crippen molar-refractivity contribution in [2.45, 2.75) is 13.0 Å². The maximum absolute atomic E-state index is 9.83. The number of nitrogens with zero attached hydrogens (tertiary/aromatic N) is 2. The molecule has 0 aliphatic carbocycles. The minimum Gasteiger partial charge on any atom is -0.530 e. The Morgan fingerprint density at radius 1 is 2.00 bits per heavy atom. The first-order valence-electron chi connectivity index (χ1n) is 2.67. The molecule has 0 aromatic rings. The highest BCUT2D eigenvalue weighted by Crippen LogP contribution is 1.79. The fourth-order valence-electron chi connectivity index (χ4n) is 0.410. The Morgan fingerprint density at radius 2 is 2.60 bits per heavy atom. The Hall–Kier alpha value is -1.42. The molecular formula is C4H8N4O2. The van der Waals surface area contributed by atoms with E-state index in [9.17, 15) is 9.90 Å². The third-order valence-corrected chi connectivity index (χ3v) is 0.790. The average Bonchev–Trinajstić information content (AvgIpc) is 1.82. The van der Waals surface area contributed by atoms with E-state index in [0.717, 1.165) is 0 Å². The third-order valence-electron chi connectivity index (χ3n) is 0.790. The summed E-state index contributed by atoms with van der Waals surface area (Å²) in [5.74, 6) is 0. The third kappa shape index (κ3) is 4.73. The summed E-state index contributed by atoms with van der Waals surface area (Å²) in [5.41, 5.74) is 6.25. The van der Waals surface area contributed by atoms with Gasteiger partial charge in [0.25, 0.3) is 0 Å². The lowest BCUT2D eigenvalue weighted by Crippen LogP contribution is -2.43. The molecule has 0 saturated heterocycles. The van der Waals surface area contributed by atoms with Crippen molar-refractivity contribution in [2.75, 3.05) is 6.54 Å². The highest BCUT2D eigenvalue weighted by Gasteiger charge is 2.00. The van der Waals surface area contributed by atoms with Gasteiger partial charge in [0, 0.05) is 0 Å². The van der Waals surface area contributed by atoms with Crippen LogP contribution in [0.4, 0.5) is 4.79 Å². The second-order valence-corrected chi connectivity index (χ2v) is 1.76. The van der Waals surface area contributed by atoms with Crippen LogP contribution >= 0.6 is 0 Å². The molecule has 0 bridgehead atoms. The SMILES string of the molecule is CC(CN=[N+]=N)NC(=O)[O-].